The fourth-order valence-corrected chi connectivity index (χ4v) is 1.21. The molecule has 5 heteroatoms. The summed E-state index contributed by atoms with van der Waals surface area (Å²) in [5, 5.41) is 4.72. The second-order valence-electron chi connectivity index (χ2n) is 2.68. The van der Waals surface area contributed by atoms with Crippen molar-refractivity contribution in [1.29, 1.82) is 0 Å². The molecule has 0 radical (unpaired) electrons. The van der Waals surface area contributed by atoms with Gasteiger partial charge in [0.2, 0.25) is 0 Å². The van der Waals surface area contributed by atoms with Crippen LogP contribution in [0.1, 0.15) is 6.92 Å². The number of nitrogens with one attached hydrogen (secondary N) is 2. The number of Topliss-reactive ketones (excluding diaryl/α,β-unsaturated/α-hetero) is 1. The highest BCUT2D eigenvalue weighted by Crippen LogP contribution is 2.03. The Kier molecular flexibility index (Phi) is 3.16. The van der Waals surface area contributed by atoms with Crippen molar-refractivity contribution in [1.82, 2.24) is 15.8 Å². The van der Waals surface area contributed by atoms with Crippen LogP contribution >= 0.6 is 0 Å². The number of rotatable bonds is 3. The van der Waals surface area contributed by atoms with Crippen LogP contribution in [0.25, 0.3) is 0 Å². The molecule has 2 N–H and O–H groups in total. The lowest BCUT2D eigenvalue weighted by molar-refractivity contribution is -0.112. The van der Waals surface area contributed by atoms with Gasteiger partial charge in [0, 0.05) is 20.2 Å². The van der Waals surface area contributed by atoms with Gasteiger partial charge in [-0.15, -0.1) is 0 Å². The van der Waals surface area contributed by atoms with Gasteiger partial charge in [-0.05, 0) is 13.1 Å². The molecule has 1 rings (SSSR count). The molecule has 0 bridgehead atoms. The Morgan fingerprint density at radius 3 is 2.77 bits per heavy atom. The summed E-state index contributed by atoms with van der Waals surface area (Å²) in [5.74, 6) is 0.364. The summed E-state index contributed by atoms with van der Waals surface area (Å²) in [4.78, 5) is 15.1. The third-order valence-electron chi connectivity index (χ3n) is 1.82. The van der Waals surface area contributed by atoms with Gasteiger partial charge in [-0.1, -0.05) is 0 Å². The first kappa shape index (κ1) is 9.88. The van der Waals surface area contributed by atoms with E-state index in [1.807, 2.05) is 13.1 Å². The van der Waals surface area contributed by atoms with Crippen molar-refractivity contribution >= 4 is 11.6 Å². The van der Waals surface area contributed by atoms with Gasteiger partial charge < -0.3 is 0 Å². The second-order valence-corrected chi connectivity index (χ2v) is 2.68. The van der Waals surface area contributed by atoms with Gasteiger partial charge >= 0.3 is 0 Å². The van der Waals surface area contributed by atoms with Gasteiger partial charge in [0.1, 0.15) is 6.17 Å². The summed E-state index contributed by atoms with van der Waals surface area (Å²) in [5.41, 5.74) is 2.90. The Morgan fingerprint density at radius 2 is 2.31 bits per heavy atom. The molecule has 1 aliphatic heterocycles. The summed E-state index contributed by atoms with van der Waals surface area (Å²) in [6.45, 7) is 1.50. The van der Waals surface area contributed by atoms with Gasteiger partial charge in [-0.25, -0.2) is 10.4 Å². The summed E-state index contributed by atoms with van der Waals surface area (Å²) >= 11 is 0. The zero-order valence-electron chi connectivity index (χ0n) is 8.03. The molecule has 5 nitrogen and oxygen atoms in total. The van der Waals surface area contributed by atoms with Crippen molar-refractivity contribution in [2.24, 2.45) is 4.99 Å². The molecule has 1 heterocycles. The highest BCUT2D eigenvalue weighted by molar-refractivity contribution is 6.38. The van der Waals surface area contributed by atoms with Crippen molar-refractivity contribution in [3.63, 3.8) is 0 Å². The van der Waals surface area contributed by atoms with Crippen molar-refractivity contribution in [3.05, 3.63) is 12.3 Å². The quantitative estimate of drug-likeness (QED) is 0.617. The number of amidine groups is 1. The number of likely N-dealkylation sites (N-methyl/N-ethyl adjacent to an activating group) is 1. The number of nitrogens with zero attached hydrogens (tertiary/aromatic N) is 2. The maximum Gasteiger partial charge on any atom is 0.196 e. The van der Waals surface area contributed by atoms with Crippen LogP contribution in [0.2, 0.25) is 0 Å². The largest absolute Gasteiger partial charge is 0.296 e. The molecule has 0 amide bonds. The van der Waals surface area contributed by atoms with Crippen LogP contribution in [0, 0.1) is 0 Å². The molecular weight excluding hydrogens is 168 g/mol. The van der Waals surface area contributed by atoms with Crippen LogP contribution < -0.4 is 10.7 Å². The Morgan fingerprint density at radius 1 is 1.62 bits per heavy atom. The fourth-order valence-electron chi connectivity index (χ4n) is 1.21. The number of hydrazine groups is 1. The first-order valence-corrected chi connectivity index (χ1v) is 4.10. The summed E-state index contributed by atoms with van der Waals surface area (Å²) in [6, 6.07) is 0. The van der Waals surface area contributed by atoms with Crippen molar-refractivity contribution in [2.45, 2.75) is 13.1 Å². The molecule has 0 fully saturated rings. The second kappa shape index (κ2) is 4.15. The van der Waals surface area contributed by atoms with E-state index in [4.69, 9.17) is 0 Å². The standard InChI is InChI=1S/C8H14N4O/c1-6(13)8-11-5-4-7(9-2)12(8)10-3/h4-5,7,9-10H,1-3H3. The third kappa shape index (κ3) is 1.93. The monoisotopic (exact) mass is 182 g/mol. The Bertz CT molecular complexity index is 259. The van der Waals surface area contributed by atoms with E-state index in [1.165, 1.54) is 6.92 Å². The molecule has 13 heavy (non-hydrogen) atoms. The maximum atomic E-state index is 11.2. The van der Waals surface area contributed by atoms with Crippen LogP contribution in [0.4, 0.5) is 0 Å². The molecule has 0 spiro atoms. The Balaban J connectivity index is 2.88. The van der Waals surface area contributed by atoms with E-state index >= 15 is 0 Å². The number of carbonyl (C=O) groups excluding carboxylic acids is 1. The lowest BCUT2D eigenvalue weighted by atomic mass is 10.3. The number of ketones is 1. The van der Waals surface area contributed by atoms with Crippen LogP contribution in [0.3, 0.4) is 0 Å². The van der Waals surface area contributed by atoms with E-state index in [0.717, 1.165) is 0 Å². The smallest absolute Gasteiger partial charge is 0.196 e. The predicted octanol–water partition coefficient (Wildman–Crippen LogP) is -0.517. The van der Waals surface area contributed by atoms with E-state index in [2.05, 4.69) is 15.7 Å². The minimum atomic E-state index is -0.0565. The van der Waals surface area contributed by atoms with E-state index in [1.54, 1.807) is 18.3 Å². The molecule has 0 aromatic heterocycles. The molecule has 72 valence electrons. The van der Waals surface area contributed by atoms with E-state index < -0.39 is 0 Å². The average molecular weight is 182 g/mol. The van der Waals surface area contributed by atoms with Crippen LogP contribution in [0.15, 0.2) is 17.3 Å². The van der Waals surface area contributed by atoms with E-state index in [-0.39, 0.29) is 11.9 Å². The molecule has 0 aromatic carbocycles. The van der Waals surface area contributed by atoms with Crippen molar-refractivity contribution in [2.75, 3.05) is 14.1 Å². The van der Waals surface area contributed by atoms with Gasteiger partial charge in [0.05, 0.1) is 0 Å². The summed E-state index contributed by atoms with van der Waals surface area (Å²) < 4.78 is 0. The van der Waals surface area contributed by atoms with Crippen LogP contribution in [-0.2, 0) is 4.79 Å². The zero-order chi connectivity index (χ0) is 9.84. The molecule has 1 unspecified atom stereocenters. The topological polar surface area (TPSA) is 56.7 Å². The highest BCUT2D eigenvalue weighted by atomic mass is 16.1. The molecule has 0 aromatic rings. The molecule has 1 atom stereocenters. The van der Waals surface area contributed by atoms with Gasteiger partial charge in [0.25, 0.3) is 0 Å². The SMILES string of the molecule is CNC1C=CN=C(C(C)=O)N1NC. The molecule has 0 saturated carbocycles. The summed E-state index contributed by atoms with van der Waals surface area (Å²) in [6.07, 6.45) is 3.47. The molecule has 0 aliphatic carbocycles. The first-order chi connectivity index (χ1) is 6.20. The van der Waals surface area contributed by atoms with Gasteiger partial charge in [-0.2, -0.15) is 0 Å². The van der Waals surface area contributed by atoms with Crippen LogP contribution in [0.5, 0.6) is 0 Å². The van der Waals surface area contributed by atoms with E-state index in [9.17, 15) is 4.79 Å². The fraction of sp³-hybridized carbons (Fsp3) is 0.500. The molecule has 1 aliphatic rings. The predicted molar refractivity (Wildman–Crippen MR) is 51.0 cm³/mol. The maximum absolute atomic E-state index is 11.2. The van der Waals surface area contributed by atoms with Gasteiger partial charge in [0.15, 0.2) is 11.6 Å². The first-order valence-electron chi connectivity index (χ1n) is 4.10. The Hall–Kier alpha value is -1.20. The zero-order valence-corrected chi connectivity index (χ0v) is 8.03. The van der Waals surface area contributed by atoms with Crippen molar-refractivity contribution in [3.8, 4) is 0 Å². The molecule has 0 saturated heterocycles. The number of aliphatic imine (C=N–C) groups is 1. The normalized spacial score (nSPS) is 21.6. The average Bonchev–Trinajstić information content (AvgIpc) is 2.16. The number of hydrogen-bond donors (Lipinski definition) is 2. The van der Waals surface area contributed by atoms with Crippen molar-refractivity contribution < 1.29 is 4.79 Å². The Labute approximate surface area is 77.5 Å². The number of carbonyl (C=O) groups is 1. The lowest BCUT2D eigenvalue weighted by Gasteiger charge is -2.31. The highest BCUT2D eigenvalue weighted by Gasteiger charge is 2.22. The number of hydrogen-bond acceptors (Lipinski definition) is 5. The van der Waals surface area contributed by atoms with E-state index in [0.29, 0.717) is 5.84 Å². The van der Waals surface area contributed by atoms with Gasteiger partial charge in [-0.3, -0.25) is 15.1 Å². The lowest BCUT2D eigenvalue weighted by Crippen LogP contribution is -2.55. The minimum Gasteiger partial charge on any atom is -0.296 e. The van der Waals surface area contributed by atoms with Crippen LogP contribution in [-0.4, -0.2) is 36.9 Å². The summed E-state index contributed by atoms with van der Waals surface area (Å²) in [7, 11) is 3.57. The molecular formula is C8H14N4O. The minimum absolute atomic E-state index is 0.0265. The third-order valence-corrected chi connectivity index (χ3v) is 1.82.